The van der Waals surface area contributed by atoms with E-state index < -0.39 is 17.7 Å². The quantitative estimate of drug-likeness (QED) is 0.425. The Morgan fingerprint density at radius 2 is 1.89 bits per heavy atom. The number of ether oxygens (including phenoxy) is 1. The van der Waals surface area contributed by atoms with E-state index in [0.717, 1.165) is 18.3 Å². The van der Waals surface area contributed by atoms with E-state index in [4.69, 9.17) is 0 Å². The van der Waals surface area contributed by atoms with Gasteiger partial charge in [-0.05, 0) is 23.8 Å². The van der Waals surface area contributed by atoms with Gasteiger partial charge in [0.2, 0.25) is 5.52 Å². The molecule has 1 heterocycles. The number of halogens is 3. The Hall–Kier alpha value is -3.29. The second-order valence-electron chi connectivity index (χ2n) is 5.82. The topological polar surface area (TPSA) is 65.3 Å². The molecule has 0 bridgehead atoms. The monoisotopic (exact) mass is 376 g/mol. The summed E-state index contributed by atoms with van der Waals surface area (Å²) in [6.07, 6.45) is -3.38. The smallest absolute Gasteiger partial charge is 0.416 e. The molecule has 0 radical (unpaired) electrons. The lowest BCUT2D eigenvalue weighted by molar-refractivity contribution is -0.576. The van der Waals surface area contributed by atoms with Crippen molar-refractivity contribution in [3.8, 4) is 0 Å². The fourth-order valence-corrected chi connectivity index (χ4v) is 2.71. The van der Waals surface area contributed by atoms with Gasteiger partial charge in [-0.2, -0.15) is 17.9 Å². The highest BCUT2D eigenvalue weighted by Crippen LogP contribution is 2.33. The van der Waals surface area contributed by atoms with Gasteiger partial charge in [0, 0.05) is 17.8 Å². The molecule has 0 unspecified atom stereocenters. The van der Waals surface area contributed by atoms with Crippen molar-refractivity contribution in [1.82, 2.24) is 0 Å². The second kappa shape index (κ2) is 7.14. The van der Waals surface area contributed by atoms with Gasteiger partial charge in [0.05, 0.1) is 30.2 Å². The maximum atomic E-state index is 12.9. The molecule has 0 atom stereocenters. The Morgan fingerprint density at radius 1 is 1.15 bits per heavy atom. The zero-order valence-corrected chi connectivity index (χ0v) is 14.2. The molecule has 0 fully saturated rings. The molecule has 0 saturated heterocycles. The number of methoxy groups -OCH3 is 1. The number of aromatic nitrogens is 1. The zero-order chi connectivity index (χ0) is 19.6. The average Bonchev–Trinajstić information content (AvgIpc) is 2.64. The van der Waals surface area contributed by atoms with E-state index in [-0.39, 0.29) is 11.9 Å². The fourth-order valence-electron chi connectivity index (χ4n) is 2.71. The standard InChI is InChI=1S/C19H15F3N2O3/c1-27-18(25)10-12-4-2-3-5-15(12)23-16-8-9-24(26)17-11-13(19(20,21)22)6-7-14(16)17/h2-9,11,23H,10H2,1H3. The number of para-hydroxylation sites is 1. The Bertz CT molecular complexity index is 1000. The van der Waals surface area contributed by atoms with Crippen molar-refractivity contribution in [3.05, 3.63) is 71.1 Å². The molecule has 2 aromatic carbocycles. The molecule has 8 heteroatoms. The maximum Gasteiger partial charge on any atom is 0.416 e. The molecule has 1 aromatic heterocycles. The lowest BCUT2D eigenvalue weighted by atomic mass is 10.1. The maximum absolute atomic E-state index is 12.9. The summed E-state index contributed by atoms with van der Waals surface area (Å²) in [5, 5.41) is 15.4. The molecule has 1 N–H and O–H groups in total. The average molecular weight is 376 g/mol. The number of carbonyl (C=O) groups excluding carboxylic acids is 1. The number of anilines is 2. The number of hydrogen-bond acceptors (Lipinski definition) is 4. The van der Waals surface area contributed by atoms with Crippen molar-refractivity contribution in [1.29, 1.82) is 0 Å². The summed E-state index contributed by atoms with van der Waals surface area (Å²) in [5.74, 6) is -0.422. The molecule has 27 heavy (non-hydrogen) atoms. The third-order valence-corrected chi connectivity index (χ3v) is 4.08. The second-order valence-corrected chi connectivity index (χ2v) is 5.82. The third kappa shape index (κ3) is 3.94. The Balaban J connectivity index is 2.04. The first-order valence-corrected chi connectivity index (χ1v) is 7.94. The Kier molecular flexibility index (Phi) is 4.89. The number of benzene rings is 2. The summed E-state index contributed by atoms with van der Waals surface area (Å²) >= 11 is 0. The van der Waals surface area contributed by atoms with Gasteiger partial charge in [-0.1, -0.05) is 18.2 Å². The zero-order valence-electron chi connectivity index (χ0n) is 14.2. The van der Waals surface area contributed by atoms with Crippen LogP contribution in [0.15, 0.2) is 54.7 Å². The van der Waals surface area contributed by atoms with Gasteiger partial charge in [0.15, 0.2) is 6.20 Å². The predicted octanol–water partition coefficient (Wildman–Crippen LogP) is 3.95. The van der Waals surface area contributed by atoms with Crippen molar-refractivity contribution in [2.24, 2.45) is 0 Å². The minimum Gasteiger partial charge on any atom is -0.618 e. The number of pyridine rings is 1. The SMILES string of the molecule is COC(=O)Cc1ccccc1Nc1cc[n+]([O-])c2cc(C(F)(F)F)ccc12. The van der Waals surface area contributed by atoms with Crippen LogP contribution in [0.3, 0.4) is 0 Å². The summed E-state index contributed by atoms with van der Waals surface area (Å²) in [6.45, 7) is 0. The molecule has 3 rings (SSSR count). The molecular formula is C19H15F3N2O3. The molecular weight excluding hydrogens is 361 g/mol. The number of rotatable bonds is 4. The van der Waals surface area contributed by atoms with Crippen LogP contribution in [0.4, 0.5) is 24.5 Å². The summed E-state index contributed by atoms with van der Waals surface area (Å²) < 4.78 is 43.9. The van der Waals surface area contributed by atoms with Crippen LogP contribution in [-0.4, -0.2) is 13.1 Å². The van der Waals surface area contributed by atoms with Gasteiger partial charge in [0.1, 0.15) is 0 Å². The van der Waals surface area contributed by atoms with Gasteiger partial charge in [-0.3, -0.25) is 4.79 Å². The molecule has 0 aliphatic carbocycles. The number of fused-ring (bicyclic) bond motifs is 1. The van der Waals surface area contributed by atoms with Gasteiger partial charge < -0.3 is 15.3 Å². The first-order valence-electron chi connectivity index (χ1n) is 7.94. The highest BCUT2D eigenvalue weighted by Gasteiger charge is 2.31. The molecule has 0 aliphatic heterocycles. The van der Waals surface area contributed by atoms with Crippen molar-refractivity contribution < 1.29 is 27.4 Å². The summed E-state index contributed by atoms with van der Waals surface area (Å²) in [5.41, 5.74) is 0.683. The van der Waals surface area contributed by atoms with Gasteiger partial charge in [0.25, 0.3) is 0 Å². The van der Waals surface area contributed by atoms with Crippen molar-refractivity contribution in [2.45, 2.75) is 12.6 Å². The molecule has 3 aromatic rings. The van der Waals surface area contributed by atoms with Crippen LogP contribution in [0.5, 0.6) is 0 Å². The van der Waals surface area contributed by atoms with Crippen molar-refractivity contribution in [2.75, 3.05) is 12.4 Å². The molecule has 0 aliphatic rings. The van der Waals surface area contributed by atoms with Gasteiger partial charge in [-0.15, -0.1) is 0 Å². The fraction of sp³-hybridized carbons (Fsp3) is 0.158. The highest BCUT2D eigenvalue weighted by molar-refractivity contribution is 5.92. The normalized spacial score (nSPS) is 11.4. The number of esters is 1. The van der Waals surface area contributed by atoms with Gasteiger partial charge >= 0.3 is 12.1 Å². The van der Waals surface area contributed by atoms with Crippen LogP contribution in [0.25, 0.3) is 10.9 Å². The van der Waals surface area contributed by atoms with Crippen LogP contribution in [0.1, 0.15) is 11.1 Å². The Morgan fingerprint density at radius 3 is 2.59 bits per heavy atom. The first kappa shape index (κ1) is 18.5. The Labute approximate surface area is 152 Å². The number of nitrogens with one attached hydrogen (secondary N) is 1. The van der Waals surface area contributed by atoms with E-state index in [1.54, 1.807) is 24.3 Å². The lowest BCUT2D eigenvalue weighted by Gasteiger charge is -2.14. The van der Waals surface area contributed by atoms with Crippen LogP contribution in [0, 0.1) is 5.21 Å². The molecule has 5 nitrogen and oxygen atoms in total. The summed E-state index contributed by atoms with van der Waals surface area (Å²) in [6, 6.07) is 11.4. The summed E-state index contributed by atoms with van der Waals surface area (Å²) in [4.78, 5) is 11.6. The summed E-state index contributed by atoms with van der Waals surface area (Å²) in [7, 11) is 1.29. The van der Waals surface area contributed by atoms with Crippen LogP contribution in [-0.2, 0) is 22.1 Å². The first-order chi connectivity index (χ1) is 12.8. The van der Waals surface area contributed by atoms with E-state index in [0.29, 0.717) is 27.1 Å². The third-order valence-electron chi connectivity index (χ3n) is 4.08. The number of carbonyl (C=O) groups is 1. The van der Waals surface area contributed by atoms with Crippen LogP contribution >= 0.6 is 0 Å². The minimum atomic E-state index is -4.54. The van der Waals surface area contributed by atoms with E-state index in [2.05, 4.69) is 10.1 Å². The van der Waals surface area contributed by atoms with Gasteiger partial charge in [-0.25, -0.2) is 0 Å². The molecule has 0 amide bonds. The number of hydrogen-bond donors (Lipinski definition) is 1. The largest absolute Gasteiger partial charge is 0.618 e. The van der Waals surface area contributed by atoms with E-state index >= 15 is 0 Å². The number of nitrogens with zero attached hydrogens (tertiary/aromatic N) is 1. The van der Waals surface area contributed by atoms with Crippen molar-refractivity contribution in [3.63, 3.8) is 0 Å². The lowest BCUT2D eigenvalue weighted by Crippen LogP contribution is -2.26. The van der Waals surface area contributed by atoms with E-state index in [1.807, 2.05) is 0 Å². The highest BCUT2D eigenvalue weighted by atomic mass is 19.4. The number of alkyl halides is 3. The molecule has 140 valence electrons. The van der Waals surface area contributed by atoms with E-state index in [1.165, 1.54) is 19.2 Å². The van der Waals surface area contributed by atoms with E-state index in [9.17, 15) is 23.2 Å². The predicted molar refractivity (Wildman–Crippen MR) is 93.4 cm³/mol. The van der Waals surface area contributed by atoms with Crippen molar-refractivity contribution >= 4 is 28.2 Å². The van der Waals surface area contributed by atoms with Crippen LogP contribution < -0.4 is 10.0 Å². The van der Waals surface area contributed by atoms with Crippen LogP contribution in [0.2, 0.25) is 0 Å². The molecule has 0 spiro atoms. The minimum absolute atomic E-state index is 0.0320. The molecule has 0 saturated carbocycles.